The van der Waals surface area contributed by atoms with E-state index >= 15 is 0 Å². The number of methoxy groups -OCH3 is 1. The summed E-state index contributed by atoms with van der Waals surface area (Å²) in [6, 6.07) is 6.97. The van der Waals surface area contributed by atoms with Crippen molar-refractivity contribution in [2.75, 3.05) is 32.5 Å². The number of hydrogen-bond acceptors (Lipinski definition) is 5. The number of carbonyl (C=O) groups excluding carboxylic acids is 2. The Morgan fingerprint density at radius 2 is 2.10 bits per heavy atom. The molecule has 29 heavy (non-hydrogen) atoms. The van der Waals surface area contributed by atoms with Gasteiger partial charge in [-0.2, -0.15) is 0 Å². The first-order valence-electron chi connectivity index (χ1n) is 9.22. The van der Waals surface area contributed by atoms with Gasteiger partial charge in [0.2, 0.25) is 0 Å². The minimum Gasteiger partial charge on any atom is -0.496 e. The van der Waals surface area contributed by atoms with E-state index in [-0.39, 0.29) is 35.6 Å². The number of amides is 2. The van der Waals surface area contributed by atoms with Gasteiger partial charge < -0.3 is 20.7 Å². The normalized spacial score (nSPS) is 16.4. The molecule has 2 amide bonds. The molecule has 0 bridgehead atoms. The SMILES string of the molecule is COc1ccc(F)c(F)c1C(=O)NCC1CCCN(C(=O)c2cccc(N)n2)C1. The van der Waals surface area contributed by atoms with Crippen molar-refractivity contribution >= 4 is 17.6 Å². The van der Waals surface area contributed by atoms with Crippen LogP contribution in [0.15, 0.2) is 30.3 Å². The lowest BCUT2D eigenvalue weighted by Gasteiger charge is -2.32. The summed E-state index contributed by atoms with van der Waals surface area (Å²) in [4.78, 5) is 30.8. The van der Waals surface area contributed by atoms with Gasteiger partial charge in [0.25, 0.3) is 11.8 Å². The summed E-state index contributed by atoms with van der Waals surface area (Å²) in [5.74, 6) is -3.18. The van der Waals surface area contributed by atoms with E-state index in [0.717, 1.165) is 18.9 Å². The lowest BCUT2D eigenvalue weighted by molar-refractivity contribution is 0.0665. The minimum atomic E-state index is -1.25. The number of nitrogen functional groups attached to an aromatic ring is 1. The van der Waals surface area contributed by atoms with Gasteiger partial charge in [-0.25, -0.2) is 13.8 Å². The smallest absolute Gasteiger partial charge is 0.272 e. The van der Waals surface area contributed by atoms with Crippen LogP contribution in [0.3, 0.4) is 0 Å². The number of halogens is 2. The summed E-state index contributed by atoms with van der Waals surface area (Å²) in [5, 5.41) is 2.62. The number of aromatic nitrogens is 1. The summed E-state index contributed by atoms with van der Waals surface area (Å²) in [5.41, 5.74) is 5.43. The Kier molecular flexibility index (Phi) is 6.26. The fourth-order valence-corrected chi connectivity index (χ4v) is 3.39. The molecule has 2 aromatic rings. The van der Waals surface area contributed by atoms with E-state index in [4.69, 9.17) is 10.5 Å². The van der Waals surface area contributed by atoms with Crippen molar-refractivity contribution in [2.45, 2.75) is 12.8 Å². The predicted octanol–water partition coefficient (Wildman–Crippen LogP) is 2.23. The zero-order valence-corrected chi connectivity index (χ0v) is 16.0. The molecule has 0 saturated carbocycles. The minimum absolute atomic E-state index is 0.0275. The summed E-state index contributed by atoms with van der Waals surface area (Å²) >= 11 is 0. The van der Waals surface area contributed by atoms with Crippen LogP contribution < -0.4 is 15.8 Å². The molecular formula is C20H22F2N4O3. The Morgan fingerprint density at radius 1 is 1.31 bits per heavy atom. The summed E-state index contributed by atoms with van der Waals surface area (Å²) in [6.45, 7) is 1.20. The second-order valence-electron chi connectivity index (χ2n) is 6.86. The molecule has 0 spiro atoms. The molecular weight excluding hydrogens is 382 g/mol. The van der Waals surface area contributed by atoms with E-state index in [1.807, 2.05) is 0 Å². The number of nitrogens with one attached hydrogen (secondary N) is 1. The first-order valence-corrected chi connectivity index (χ1v) is 9.22. The maximum atomic E-state index is 14.1. The van der Waals surface area contributed by atoms with Crippen molar-refractivity contribution in [1.82, 2.24) is 15.2 Å². The average Bonchev–Trinajstić information content (AvgIpc) is 2.73. The topological polar surface area (TPSA) is 97.5 Å². The summed E-state index contributed by atoms with van der Waals surface area (Å²) < 4.78 is 32.5. The van der Waals surface area contributed by atoms with Crippen LogP contribution in [0.4, 0.5) is 14.6 Å². The van der Waals surface area contributed by atoms with Crippen LogP contribution >= 0.6 is 0 Å². The Labute approximate surface area is 166 Å². The van der Waals surface area contributed by atoms with Crippen LogP contribution in [0.25, 0.3) is 0 Å². The standard InChI is InChI=1S/C20H22F2N4O3/c1-29-15-8-7-13(21)18(22)17(15)19(27)24-10-12-4-3-9-26(11-12)20(28)14-5-2-6-16(23)25-14/h2,5-8,12H,3-4,9-11H2,1H3,(H2,23,25)(H,24,27). The number of likely N-dealkylation sites (tertiary alicyclic amines) is 1. The van der Waals surface area contributed by atoms with Gasteiger partial charge in [-0.1, -0.05) is 6.07 Å². The van der Waals surface area contributed by atoms with Crippen LogP contribution in [0.5, 0.6) is 5.75 Å². The molecule has 1 aromatic heterocycles. The van der Waals surface area contributed by atoms with Gasteiger partial charge in [0.15, 0.2) is 11.6 Å². The molecule has 1 atom stereocenters. The third-order valence-electron chi connectivity index (χ3n) is 4.85. The molecule has 0 radical (unpaired) electrons. The number of ether oxygens (including phenoxy) is 1. The number of carbonyl (C=O) groups is 2. The maximum absolute atomic E-state index is 14.1. The van der Waals surface area contributed by atoms with Crippen LogP contribution in [0.1, 0.15) is 33.7 Å². The Hall–Kier alpha value is -3.23. The first-order chi connectivity index (χ1) is 13.9. The van der Waals surface area contributed by atoms with Crippen LogP contribution in [0.2, 0.25) is 0 Å². The Morgan fingerprint density at radius 3 is 2.83 bits per heavy atom. The number of pyridine rings is 1. The lowest BCUT2D eigenvalue weighted by atomic mass is 9.97. The Balaban J connectivity index is 1.64. The van der Waals surface area contributed by atoms with Crippen LogP contribution in [-0.2, 0) is 0 Å². The number of rotatable bonds is 5. The molecule has 3 N–H and O–H groups in total. The first kappa shape index (κ1) is 20.5. The fourth-order valence-electron chi connectivity index (χ4n) is 3.39. The molecule has 1 saturated heterocycles. The van der Waals surface area contributed by atoms with E-state index < -0.39 is 23.1 Å². The second kappa shape index (κ2) is 8.85. The van der Waals surface area contributed by atoms with E-state index in [1.165, 1.54) is 13.2 Å². The van der Waals surface area contributed by atoms with Crippen molar-refractivity contribution < 1.29 is 23.1 Å². The van der Waals surface area contributed by atoms with Crippen molar-refractivity contribution in [3.63, 3.8) is 0 Å². The Bertz CT molecular complexity index is 923. The van der Waals surface area contributed by atoms with E-state index in [2.05, 4.69) is 10.3 Å². The quantitative estimate of drug-likeness (QED) is 0.797. The highest BCUT2D eigenvalue weighted by molar-refractivity contribution is 5.97. The highest BCUT2D eigenvalue weighted by Gasteiger charge is 2.27. The van der Waals surface area contributed by atoms with Gasteiger partial charge in [0.1, 0.15) is 22.8 Å². The molecule has 1 unspecified atom stereocenters. The monoisotopic (exact) mass is 404 g/mol. The number of hydrogen-bond donors (Lipinski definition) is 2. The lowest BCUT2D eigenvalue weighted by Crippen LogP contribution is -2.44. The number of nitrogens with two attached hydrogens (primary N) is 1. The molecule has 1 aliphatic heterocycles. The summed E-state index contributed by atoms with van der Waals surface area (Å²) in [7, 11) is 1.28. The summed E-state index contributed by atoms with van der Waals surface area (Å²) in [6.07, 6.45) is 1.55. The van der Waals surface area contributed by atoms with Crippen molar-refractivity contribution in [3.05, 3.63) is 53.2 Å². The molecule has 0 aliphatic carbocycles. The van der Waals surface area contributed by atoms with Gasteiger partial charge in [0.05, 0.1) is 7.11 Å². The molecule has 1 aliphatic rings. The van der Waals surface area contributed by atoms with Gasteiger partial charge in [0, 0.05) is 19.6 Å². The molecule has 2 heterocycles. The zero-order valence-electron chi connectivity index (χ0n) is 16.0. The molecule has 154 valence electrons. The third kappa shape index (κ3) is 4.61. The fraction of sp³-hybridized carbons (Fsp3) is 0.350. The van der Waals surface area contributed by atoms with Crippen LogP contribution in [0, 0.1) is 17.6 Å². The average molecular weight is 404 g/mol. The highest BCUT2D eigenvalue weighted by atomic mass is 19.2. The zero-order chi connectivity index (χ0) is 21.0. The largest absolute Gasteiger partial charge is 0.496 e. The molecule has 9 heteroatoms. The van der Waals surface area contributed by atoms with Gasteiger partial charge in [-0.3, -0.25) is 9.59 Å². The van der Waals surface area contributed by atoms with E-state index in [9.17, 15) is 18.4 Å². The van der Waals surface area contributed by atoms with E-state index in [0.29, 0.717) is 13.1 Å². The van der Waals surface area contributed by atoms with Crippen molar-refractivity contribution in [2.24, 2.45) is 5.92 Å². The van der Waals surface area contributed by atoms with Crippen molar-refractivity contribution in [3.8, 4) is 5.75 Å². The second-order valence-corrected chi connectivity index (χ2v) is 6.86. The third-order valence-corrected chi connectivity index (χ3v) is 4.85. The van der Waals surface area contributed by atoms with Gasteiger partial charge in [-0.05, 0) is 43.0 Å². The maximum Gasteiger partial charge on any atom is 0.272 e. The number of anilines is 1. The van der Waals surface area contributed by atoms with Crippen LogP contribution in [-0.4, -0.2) is 48.4 Å². The number of benzene rings is 1. The van der Waals surface area contributed by atoms with Crippen molar-refractivity contribution in [1.29, 1.82) is 0 Å². The van der Waals surface area contributed by atoms with E-state index in [1.54, 1.807) is 23.1 Å². The molecule has 1 aromatic carbocycles. The van der Waals surface area contributed by atoms with Gasteiger partial charge in [-0.15, -0.1) is 0 Å². The predicted molar refractivity (Wildman–Crippen MR) is 103 cm³/mol. The number of piperidine rings is 1. The van der Waals surface area contributed by atoms with Gasteiger partial charge >= 0.3 is 0 Å². The molecule has 3 rings (SSSR count). The highest BCUT2D eigenvalue weighted by Crippen LogP contribution is 2.24. The molecule has 1 fully saturated rings. The molecule has 7 nitrogen and oxygen atoms in total. The number of nitrogens with zero attached hydrogens (tertiary/aromatic N) is 2.